The highest BCUT2D eigenvalue weighted by Gasteiger charge is 2.47. The molecular formula is C26H33N3O2. The van der Waals surface area contributed by atoms with Crippen molar-refractivity contribution in [2.45, 2.75) is 83.3 Å². The lowest BCUT2D eigenvalue weighted by atomic mass is 9.85. The predicted molar refractivity (Wildman–Crippen MR) is 123 cm³/mol. The Morgan fingerprint density at radius 2 is 1.84 bits per heavy atom. The number of ether oxygens (including phenoxy) is 1. The summed E-state index contributed by atoms with van der Waals surface area (Å²) in [6.45, 7) is 7.82. The van der Waals surface area contributed by atoms with Crippen molar-refractivity contribution in [3.63, 3.8) is 0 Å². The third-order valence-electron chi connectivity index (χ3n) is 7.03. The van der Waals surface area contributed by atoms with Crippen molar-refractivity contribution in [2.24, 2.45) is 0 Å². The van der Waals surface area contributed by atoms with Crippen molar-refractivity contribution in [1.82, 2.24) is 14.5 Å². The number of pyridine rings is 1. The molecule has 2 bridgehead atoms. The molecule has 0 saturated carbocycles. The molecule has 1 N–H and O–H groups in total. The van der Waals surface area contributed by atoms with Crippen LogP contribution in [0.5, 0.6) is 5.75 Å². The van der Waals surface area contributed by atoms with Crippen LogP contribution in [0.3, 0.4) is 0 Å². The summed E-state index contributed by atoms with van der Waals surface area (Å²) in [7, 11) is 0. The van der Waals surface area contributed by atoms with E-state index in [0.29, 0.717) is 18.6 Å². The van der Waals surface area contributed by atoms with Gasteiger partial charge in [0.2, 0.25) is 0 Å². The van der Waals surface area contributed by atoms with Crippen LogP contribution in [0.2, 0.25) is 0 Å². The number of fused-ring (bicyclic) bond motifs is 3. The number of benzene rings is 1. The second-order valence-electron chi connectivity index (χ2n) is 9.81. The summed E-state index contributed by atoms with van der Waals surface area (Å²) in [5.41, 5.74) is 2.96. The van der Waals surface area contributed by atoms with Crippen molar-refractivity contribution in [1.29, 1.82) is 0 Å². The maximum atomic E-state index is 11.6. The number of hydrogen-bond donors (Lipinski definition) is 1. The molecule has 31 heavy (non-hydrogen) atoms. The number of rotatable bonds is 6. The largest absolute Gasteiger partial charge is 0.491 e. The van der Waals surface area contributed by atoms with E-state index in [1.54, 1.807) is 0 Å². The molecule has 0 unspecified atom stereocenters. The highest BCUT2D eigenvalue weighted by molar-refractivity contribution is 5.80. The third kappa shape index (κ3) is 4.09. The van der Waals surface area contributed by atoms with E-state index >= 15 is 0 Å². The smallest absolute Gasteiger partial charge is 0.119 e. The van der Waals surface area contributed by atoms with Gasteiger partial charge in [0, 0.05) is 35.9 Å². The van der Waals surface area contributed by atoms with E-state index in [4.69, 9.17) is 4.74 Å². The average molecular weight is 420 g/mol. The first kappa shape index (κ1) is 20.5. The van der Waals surface area contributed by atoms with Gasteiger partial charge in [-0.3, -0.25) is 9.88 Å². The number of hydrogen-bond acceptors (Lipinski definition) is 4. The molecule has 0 amide bonds. The van der Waals surface area contributed by atoms with Crippen LogP contribution in [-0.2, 0) is 13.1 Å². The first-order valence-electron chi connectivity index (χ1n) is 11.5. The van der Waals surface area contributed by atoms with Gasteiger partial charge in [-0.05, 0) is 76.3 Å². The zero-order valence-corrected chi connectivity index (χ0v) is 18.8. The van der Waals surface area contributed by atoms with Crippen molar-refractivity contribution in [3.8, 4) is 5.75 Å². The fourth-order valence-electron chi connectivity index (χ4n) is 5.70. The highest BCUT2D eigenvalue weighted by Crippen LogP contribution is 2.43. The lowest BCUT2D eigenvalue weighted by molar-refractivity contribution is -0.0647. The zero-order valence-electron chi connectivity index (χ0n) is 18.8. The van der Waals surface area contributed by atoms with Crippen LogP contribution >= 0.6 is 0 Å². The molecule has 0 aliphatic carbocycles. The molecule has 4 heterocycles. The Balaban J connectivity index is 1.29. The van der Waals surface area contributed by atoms with Crippen LogP contribution in [0.15, 0.2) is 48.8 Å². The van der Waals surface area contributed by atoms with Gasteiger partial charge >= 0.3 is 0 Å². The zero-order chi connectivity index (χ0) is 21.6. The Bertz CT molecular complexity index is 1040. The Hall–Kier alpha value is -2.37. The third-order valence-corrected chi connectivity index (χ3v) is 7.03. The van der Waals surface area contributed by atoms with Crippen molar-refractivity contribution < 1.29 is 9.84 Å². The lowest BCUT2D eigenvalue weighted by Gasteiger charge is -2.44. The maximum Gasteiger partial charge on any atom is 0.119 e. The SMILES string of the molecule is Cc1cc2ccncc2n1CC1(O)C[C@@H]2CC[C@@H](C1)N2Cc1ccc(OC(C)C)cc1. The Morgan fingerprint density at radius 3 is 2.52 bits per heavy atom. The van der Waals surface area contributed by atoms with Gasteiger partial charge in [0.15, 0.2) is 0 Å². The predicted octanol–water partition coefficient (Wildman–Crippen LogP) is 4.69. The molecule has 5 rings (SSSR count). The average Bonchev–Trinajstić information content (AvgIpc) is 3.16. The first-order chi connectivity index (χ1) is 14.9. The molecule has 0 radical (unpaired) electrons. The summed E-state index contributed by atoms with van der Waals surface area (Å²) in [6, 6.07) is 13.6. The minimum absolute atomic E-state index is 0.193. The first-order valence-corrected chi connectivity index (χ1v) is 11.5. The standard InChI is InChI=1S/C26H33N3O2/c1-18(2)31-24-8-4-20(5-9-24)16-28-22-6-7-23(28)14-26(30,13-22)17-29-19(3)12-21-10-11-27-15-25(21)29/h4-5,8-12,15,18,22-23,30H,6-7,13-14,16-17H2,1-3H3/t22-,23-/m0/s1. The summed E-state index contributed by atoms with van der Waals surface area (Å²) in [4.78, 5) is 6.93. The molecule has 164 valence electrons. The van der Waals surface area contributed by atoms with Crippen LogP contribution < -0.4 is 4.74 Å². The van der Waals surface area contributed by atoms with Crippen molar-refractivity contribution >= 4 is 10.9 Å². The minimum atomic E-state index is -0.663. The van der Waals surface area contributed by atoms with Gasteiger partial charge < -0.3 is 14.4 Å². The molecule has 2 atom stereocenters. The Labute approximate surface area is 184 Å². The normalized spacial score (nSPS) is 26.1. The number of aliphatic hydroxyl groups is 1. The minimum Gasteiger partial charge on any atom is -0.491 e. The van der Waals surface area contributed by atoms with E-state index in [0.717, 1.165) is 30.7 Å². The molecule has 2 saturated heterocycles. The molecule has 2 aliphatic rings. The molecule has 2 aromatic heterocycles. The second-order valence-corrected chi connectivity index (χ2v) is 9.81. The van der Waals surface area contributed by atoms with Gasteiger partial charge in [0.1, 0.15) is 5.75 Å². The molecule has 2 fully saturated rings. The molecule has 5 nitrogen and oxygen atoms in total. The van der Waals surface area contributed by atoms with Gasteiger partial charge in [-0.1, -0.05) is 12.1 Å². The van der Waals surface area contributed by atoms with Crippen molar-refractivity contribution in [3.05, 3.63) is 60.0 Å². The van der Waals surface area contributed by atoms with Crippen LogP contribution in [0.25, 0.3) is 10.9 Å². The van der Waals surface area contributed by atoms with Gasteiger partial charge in [0.25, 0.3) is 0 Å². The Morgan fingerprint density at radius 1 is 1.13 bits per heavy atom. The lowest BCUT2D eigenvalue weighted by Crippen LogP contribution is -2.52. The van der Waals surface area contributed by atoms with Crippen LogP contribution in [0.4, 0.5) is 0 Å². The molecule has 2 aliphatic heterocycles. The van der Waals surface area contributed by atoms with E-state index < -0.39 is 5.60 Å². The summed E-state index contributed by atoms with van der Waals surface area (Å²) in [5, 5.41) is 12.8. The van der Waals surface area contributed by atoms with Crippen LogP contribution in [0.1, 0.15) is 50.8 Å². The van der Waals surface area contributed by atoms with Gasteiger partial charge in [0.05, 0.1) is 30.0 Å². The maximum absolute atomic E-state index is 11.6. The quantitative estimate of drug-likeness (QED) is 0.630. The topological polar surface area (TPSA) is 50.5 Å². The molecule has 3 aromatic rings. The second kappa shape index (κ2) is 7.95. The monoisotopic (exact) mass is 419 g/mol. The summed E-state index contributed by atoms with van der Waals surface area (Å²) < 4.78 is 8.03. The van der Waals surface area contributed by atoms with Crippen LogP contribution in [0, 0.1) is 6.92 Å². The molecule has 1 aromatic carbocycles. The fourth-order valence-corrected chi connectivity index (χ4v) is 5.70. The molecule has 0 spiro atoms. The van der Waals surface area contributed by atoms with E-state index in [1.165, 1.54) is 29.5 Å². The van der Waals surface area contributed by atoms with Gasteiger partial charge in [-0.25, -0.2) is 0 Å². The highest BCUT2D eigenvalue weighted by atomic mass is 16.5. The van der Waals surface area contributed by atoms with Gasteiger partial charge in [-0.2, -0.15) is 0 Å². The summed E-state index contributed by atoms with van der Waals surface area (Å²) in [5.74, 6) is 0.929. The number of piperidine rings is 1. The molecule has 5 heteroatoms. The van der Waals surface area contributed by atoms with E-state index in [9.17, 15) is 5.11 Å². The Kier molecular flexibility index (Phi) is 5.27. The van der Waals surface area contributed by atoms with Gasteiger partial charge in [-0.15, -0.1) is 0 Å². The molecular weight excluding hydrogens is 386 g/mol. The van der Waals surface area contributed by atoms with Crippen LogP contribution in [-0.4, -0.2) is 43.3 Å². The van der Waals surface area contributed by atoms with Crippen molar-refractivity contribution in [2.75, 3.05) is 0 Å². The summed E-state index contributed by atoms with van der Waals surface area (Å²) in [6.07, 6.45) is 7.96. The number of aryl methyl sites for hydroxylation is 1. The summed E-state index contributed by atoms with van der Waals surface area (Å²) >= 11 is 0. The fraction of sp³-hybridized carbons (Fsp3) is 0.500. The van der Waals surface area contributed by atoms with E-state index in [1.807, 2.05) is 18.5 Å². The van der Waals surface area contributed by atoms with E-state index in [2.05, 4.69) is 65.6 Å². The number of aromatic nitrogens is 2. The number of nitrogens with zero attached hydrogens (tertiary/aromatic N) is 3. The van der Waals surface area contributed by atoms with E-state index in [-0.39, 0.29) is 6.10 Å².